The summed E-state index contributed by atoms with van der Waals surface area (Å²) in [5.74, 6) is 0.135. The third-order valence-electron chi connectivity index (χ3n) is 4.39. The number of methoxy groups -OCH3 is 2. The van der Waals surface area contributed by atoms with Gasteiger partial charge in [-0.05, 0) is 57.2 Å². The number of allylic oxidation sites excluding steroid dienone is 1. The first kappa shape index (κ1) is 19.8. The van der Waals surface area contributed by atoms with Gasteiger partial charge in [-0.25, -0.2) is 4.79 Å². The molecule has 0 heterocycles. The van der Waals surface area contributed by atoms with E-state index in [0.29, 0.717) is 23.6 Å². The van der Waals surface area contributed by atoms with Crippen LogP contribution in [0.25, 0.3) is 0 Å². The summed E-state index contributed by atoms with van der Waals surface area (Å²) in [5, 5.41) is 2.91. The average molecular weight is 361 g/mol. The highest BCUT2D eigenvalue weighted by atomic mass is 16.5. The molecule has 1 N–H and O–H groups in total. The zero-order valence-electron chi connectivity index (χ0n) is 15.7. The summed E-state index contributed by atoms with van der Waals surface area (Å²) in [4.78, 5) is 23.8. The van der Waals surface area contributed by atoms with E-state index in [0.717, 1.165) is 19.3 Å². The minimum absolute atomic E-state index is 0.180. The van der Waals surface area contributed by atoms with Gasteiger partial charge in [0.25, 0.3) is 5.91 Å². The molecule has 0 saturated carbocycles. The first-order chi connectivity index (χ1) is 12.5. The summed E-state index contributed by atoms with van der Waals surface area (Å²) >= 11 is 0. The van der Waals surface area contributed by atoms with Crippen LogP contribution in [-0.2, 0) is 9.53 Å². The number of hydrogen-bond donors (Lipinski definition) is 1. The van der Waals surface area contributed by atoms with Gasteiger partial charge in [0.2, 0.25) is 0 Å². The largest absolute Gasteiger partial charge is 0.493 e. The molecule has 0 radical (unpaired) electrons. The van der Waals surface area contributed by atoms with Crippen LogP contribution in [0.3, 0.4) is 0 Å². The predicted octanol–water partition coefficient (Wildman–Crippen LogP) is 3.26. The van der Waals surface area contributed by atoms with Crippen LogP contribution < -0.4 is 14.8 Å². The molecule has 0 aliphatic heterocycles. The van der Waals surface area contributed by atoms with Gasteiger partial charge < -0.3 is 19.5 Å². The molecule has 6 nitrogen and oxygen atoms in total. The van der Waals surface area contributed by atoms with E-state index >= 15 is 0 Å². The molecule has 1 aromatic carbocycles. The van der Waals surface area contributed by atoms with Crippen LogP contribution in [0.5, 0.6) is 11.5 Å². The molecule has 0 spiro atoms. The van der Waals surface area contributed by atoms with Crippen LogP contribution in [0.4, 0.5) is 0 Å². The minimum Gasteiger partial charge on any atom is -0.493 e. The average Bonchev–Trinajstić information content (AvgIpc) is 2.68. The van der Waals surface area contributed by atoms with E-state index in [1.807, 2.05) is 0 Å². The van der Waals surface area contributed by atoms with Crippen molar-refractivity contribution in [3.8, 4) is 11.5 Å². The van der Waals surface area contributed by atoms with Crippen molar-refractivity contribution < 1.29 is 23.8 Å². The van der Waals surface area contributed by atoms with Crippen molar-refractivity contribution in [2.24, 2.45) is 0 Å². The Balaban J connectivity index is 1.89. The molecule has 0 unspecified atom stereocenters. The summed E-state index contributed by atoms with van der Waals surface area (Å²) in [5.41, 5.74) is 1.78. The van der Waals surface area contributed by atoms with Crippen molar-refractivity contribution in [3.05, 3.63) is 35.4 Å². The molecule has 1 atom stereocenters. The summed E-state index contributed by atoms with van der Waals surface area (Å²) < 4.78 is 15.6. The first-order valence-electron chi connectivity index (χ1n) is 8.93. The van der Waals surface area contributed by atoms with Crippen LogP contribution in [0.2, 0.25) is 0 Å². The quantitative estimate of drug-likeness (QED) is 0.568. The highest BCUT2D eigenvalue weighted by molar-refractivity contribution is 5.90. The van der Waals surface area contributed by atoms with E-state index < -0.39 is 12.1 Å². The monoisotopic (exact) mass is 361 g/mol. The lowest BCUT2D eigenvalue weighted by atomic mass is 9.97. The Labute approximate surface area is 154 Å². The molecule has 0 fully saturated rings. The Morgan fingerprint density at radius 3 is 2.65 bits per heavy atom. The van der Waals surface area contributed by atoms with Crippen molar-refractivity contribution >= 4 is 11.9 Å². The minimum atomic E-state index is -0.673. The maximum atomic E-state index is 12.2. The van der Waals surface area contributed by atoms with Gasteiger partial charge in [-0.1, -0.05) is 11.6 Å². The van der Waals surface area contributed by atoms with Crippen LogP contribution in [-0.4, -0.2) is 38.7 Å². The van der Waals surface area contributed by atoms with Gasteiger partial charge in [-0.2, -0.15) is 0 Å². The van der Waals surface area contributed by atoms with Gasteiger partial charge in [0, 0.05) is 6.54 Å². The Hall–Kier alpha value is -2.50. The number of benzene rings is 1. The Morgan fingerprint density at radius 1 is 1.19 bits per heavy atom. The lowest BCUT2D eigenvalue weighted by Crippen LogP contribution is -2.37. The Morgan fingerprint density at radius 2 is 2.00 bits per heavy atom. The van der Waals surface area contributed by atoms with Crippen LogP contribution in [0, 0.1) is 0 Å². The molecule has 142 valence electrons. The molecule has 2 rings (SSSR count). The number of carbonyl (C=O) groups excluding carboxylic acids is 2. The van der Waals surface area contributed by atoms with Gasteiger partial charge in [0.15, 0.2) is 17.6 Å². The normalized spacial score (nSPS) is 14.8. The SMILES string of the molecule is COC(=O)c1ccc(O[C@H](C)C(=O)NCCC2=CCCCC2)c(OC)c1. The lowest BCUT2D eigenvalue weighted by molar-refractivity contribution is -0.127. The third-order valence-corrected chi connectivity index (χ3v) is 4.39. The van der Waals surface area contributed by atoms with Gasteiger partial charge in [-0.15, -0.1) is 0 Å². The molecule has 1 aliphatic carbocycles. The van der Waals surface area contributed by atoms with Gasteiger partial charge in [0.05, 0.1) is 19.8 Å². The standard InChI is InChI=1S/C20H27NO5/c1-14(19(22)21-12-11-15-7-5-4-6-8-15)26-17-10-9-16(20(23)25-3)13-18(17)24-2/h7,9-10,13-14H,4-6,8,11-12H2,1-3H3,(H,21,22)/t14-/m1/s1. The number of carbonyl (C=O) groups is 2. The zero-order chi connectivity index (χ0) is 18.9. The summed E-state index contributed by atoms with van der Waals surface area (Å²) in [6.07, 6.45) is 7.26. The molecule has 6 heteroatoms. The maximum absolute atomic E-state index is 12.2. The second kappa shape index (κ2) is 9.85. The van der Waals surface area contributed by atoms with E-state index in [-0.39, 0.29) is 5.91 Å². The van der Waals surface area contributed by atoms with Gasteiger partial charge in [0.1, 0.15) is 0 Å². The number of hydrogen-bond acceptors (Lipinski definition) is 5. The molecule has 1 aliphatic rings. The molecule has 0 bridgehead atoms. The highest BCUT2D eigenvalue weighted by Gasteiger charge is 2.18. The molecular formula is C20H27NO5. The molecule has 0 saturated heterocycles. The molecule has 1 amide bonds. The Bertz CT molecular complexity index is 668. The maximum Gasteiger partial charge on any atom is 0.337 e. The van der Waals surface area contributed by atoms with Crippen LogP contribution >= 0.6 is 0 Å². The topological polar surface area (TPSA) is 73.9 Å². The number of ether oxygens (including phenoxy) is 3. The Kier molecular flexibility index (Phi) is 7.51. The second-order valence-corrected chi connectivity index (χ2v) is 6.27. The summed E-state index contributed by atoms with van der Waals surface area (Å²) in [6.45, 7) is 2.29. The highest BCUT2D eigenvalue weighted by Crippen LogP contribution is 2.29. The van der Waals surface area contributed by atoms with Crippen molar-refractivity contribution in [2.45, 2.75) is 45.1 Å². The van der Waals surface area contributed by atoms with Crippen molar-refractivity contribution in [1.29, 1.82) is 0 Å². The third kappa shape index (κ3) is 5.51. The van der Waals surface area contributed by atoms with Crippen LogP contribution in [0.1, 0.15) is 49.4 Å². The fraction of sp³-hybridized carbons (Fsp3) is 0.500. The molecule has 26 heavy (non-hydrogen) atoms. The number of amides is 1. The number of rotatable bonds is 8. The van der Waals surface area contributed by atoms with Crippen molar-refractivity contribution in [3.63, 3.8) is 0 Å². The van der Waals surface area contributed by atoms with Crippen molar-refractivity contribution in [1.82, 2.24) is 5.32 Å². The predicted molar refractivity (Wildman–Crippen MR) is 98.6 cm³/mol. The molecular weight excluding hydrogens is 334 g/mol. The number of esters is 1. The lowest BCUT2D eigenvalue weighted by Gasteiger charge is -2.18. The van der Waals surface area contributed by atoms with E-state index in [1.165, 1.54) is 38.7 Å². The smallest absolute Gasteiger partial charge is 0.337 e. The second-order valence-electron chi connectivity index (χ2n) is 6.27. The molecule has 0 aromatic heterocycles. The fourth-order valence-electron chi connectivity index (χ4n) is 2.88. The van der Waals surface area contributed by atoms with Gasteiger partial charge in [-0.3, -0.25) is 4.79 Å². The number of nitrogens with one attached hydrogen (secondary N) is 1. The van der Waals surface area contributed by atoms with E-state index in [4.69, 9.17) is 9.47 Å². The fourth-order valence-corrected chi connectivity index (χ4v) is 2.88. The van der Waals surface area contributed by atoms with E-state index in [1.54, 1.807) is 19.1 Å². The summed E-state index contributed by atoms with van der Waals surface area (Å²) in [6, 6.07) is 4.70. The van der Waals surface area contributed by atoms with Gasteiger partial charge >= 0.3 is 5.97 Å². The van der Waals surface area contributed by atoms with E-state index in [2.05, 4.69) is 16.1 Å². The van der Waals surface area contributed by atoms with Crippen molar-refractivity contribution in [2.75, 3.05) is 20.8 Å². The van der Waals surface area contributed by atoms with E-state index in [9.17, 15) is 9.59 Å². The zero-order valence-corrected chi connectivity index (χ0v) is 15.7. The molecule has 1 aromatic rings. The van der Waals surface area contributed by atoms with Crippen LogP contribution in [0.15, 0.2) is 29.8 Å². The first-order valence-corrected chi connectivity index (χ1v) is 8.93. The summed E-state index contributed by atoms with van der Waals surface area (Å²) in [7, 11) is 2.79.